The molecule has 92 valence electrons. The van der Waals surface area contributed by atoms with Crippen LogP contribution < -0.4 is 0 Å². The van der Waals surface area contributed by atoms with Gasteiger partial charge in [0.25, 0.3) is 10.0 Å². The Labute approximate surface area is 99.3 Å². The molecule has 1 aliphatic heterocycles. The minimum absolute atomic E-state index is 0.00131. The van der Waals surface area contributed by atoms with Crippen LogP contribution in [0.4, 0.5) is 0 Å². The maximum atomic E-state index is 12.1. The number of nitrogens with zero attached hydrogens (tertiary/aromatic N) is 4. The summed E-state index contributed by atoms with van der Waals surface area (Å²) in [5.74, 6) is 0. The van der Waals surface area contributed by atoms with Crippen LogP contribution in [0.2, 0.25) is 0 Å². The van der Waals surface area contributed by atoms with Crippen LogP contribution >= 0.6 is 0 Å². The van der Waals surface area contributed by atoms with Crippen molar-refractivity contribution in [3.8, 4) is 6.07 Å². The molecule has 2 rings (SSSR count). The maximum Gasteiger partial charge on any atom is 0.262 e. The number of imidazole rings is 1. The molecular formula is C9H12N4O3S. The van der Waals surface area contributed by atoms with E-state index in [-0.39, 0.29) is 24.7 Å². The molecule has 1 saturated heterocycles. The number of morpholine rings is 1. The Morgan fingerprint density at radius 2 is 2.41 bits per heavy atom. The van der Waals surface area contributed by atoms with Crippen LogP contribution in [0, 0.1) is 11.3 Å². The zero-order chi connectivity index (χ0) is 12.5. The number of hydrogen-bond acceptors (Lipinski definition) is 5. The molecule has 0 radical (unpaired) electrons. The number of rotatable bonds is 2. The summed E-state index contributed by atoms with van der Waals surface area (Å²) in [7, 11) is -1.92. The zero-order valence-electron chi connectivity index (χ0n) is 9.28. The molecule has 8 heteroatoms. The van der Waals surface area contributed by atoms with E-state index in [0.717, 1.165) is 0 Å². The summed E-state index contributed by atoms with van der Waals surface area (Å²) >= 11 is 0. The van der Waals surface area contributed by atoms with E-state index in [0.29, 0.717) is 0 Å². The quantitative estimate of drug-likeness (QED) is 0.700. The highest BCUT2D eigenvalue weighted by molar-refractivity contribution is 7.89. The van der Waals surface area contributed by atoms with E-state index in [2.05, 4.69) is 4.98 Å². The molecule has 0 aromatic carbocycles. The zero-order valence-corrected chi connectivity index (χ0v) is 10.1. The molecule has 0 bridgehead atoms. The van der Waals surface area contributed by atoms with E-state index in [1.165, 1.54) is 16.8 Å². The molecule has 1 unspecified atom stereocenters. The molecule has 2 heterocycles. The van der Waals surface area contributed by atoms with Crippen LogP contribution in [-0.4, -0.2) is 48.1 Å². The molecule has 0 aliphatic carbocycles. The van der Waals surface area contributed by atoms with E-state index in [1.807, 2.05) is 6.07 Å². The van der Waals surface area contributed by atoms with Gasteiger partial charge >= 0.3 is 0 Å². The first kappa shape index (κ1) is 12.0. The van der Waals surface area contributed by atoms with Gasteiger partial charge in [0.15, 0.2) is 11.1 Å². The predicted octanol–water partition coefficient (Wildman–Crippen LogP) is -0.667. The van der Waals surface area contributed by atoms with Crippen molar-refractivity contribution in [2.75, 3.05) is 19.7 Å². The van der Waals surface area contributed by atoms with E-state index in [4.69, 9.17) is 10.00 Å². The second-order valence-corrected chi connectivity index (χ2v) is 5.61. The van der Waals surface area contributed by atoms with Gasteiger partial charge in [-0.3, -0.25) is 0 Å². The Hall–Kier alpha value is -1.43. The number of sulfonamides is 1. The van der Waals surface area contributed by atoms with Crippen molar-refractivity contribution in [2.45, 2.75) is 11.1 Å². The first-order chi connectivity index (χ1) is 8.04. The largest absolute Gasteiger partial charge is 0.361 e. The van der Waals surface area contributed by atoms with E-state index in [9.17, 15) is 8.42 Å². The third-order valence-corrected chi connectivity index (χ3v) is 4.21. The Morgan fingerprint density at radius 3 is 3.00 bits per heavy atom. The highest BCUT2D eigenvalue weighted by Crippen LogP contribution is 2.16. The van der Waals surface area contributed by atoms with Gasteiger partial charge < -0.3 is 9.30 Å². The van der Waals surface area contributed by atoms with Crippen molar-refractivity contribution >= 4 is 10.0 Å². The summed E-state index contributed by atoms with van der Waals surface area (Å²) in [4.78, 5) is 3.82. The van der Waals surface area contributed by atoms with E-state index in [1.54, 1.807) is 11.6 Å². The third kappa shape index (κ3) is 2.31. The van der Waals surface area contributed by atoms with Gasteiger partial charge in [-0.25, -0.2) is 13.4 Å². The second kappa shape index (κ2) is 4.44. The van der Waals surface area contributed by atoms with Crippen molar-refractivity contribution < 1.29 is 13.2 Å². The Balaban J connectivity index is 2.24. The lowest BCUT2D eigenvalue weighted by atomic mass is 10.3. The van der Waals surface area contributed by atoms with Crippen LogP contribution in [-0.2, 0) is 21.8 Å². The molecule has 17 heavy (non-hydrogen) atoms. The Bertz CT molecular complexity index is 545. The van der Waals surface area contributed by atoms with Gasteiger partial charge in [-0.1, -0.05) is 0 Å². The number of ether oxygens (including phenoxy) is 1. The molecule has 1 fully saturated rings. The average Bonchev–Trinajstić information content (AvgIpc) is 2.76. The highest BCUT2D eigenvalue weighted by Gasteiger charge is 2.32. The summed E-state index contributed by atoms with van der Waals surface area (Å²) in [5, 5.41) is 8.73. The predicted molar refractivity (Wildman–Crippen MR) is 57.3 cm³/mol. The molecule has 7 nitrogen and oxygen atoms in total. The van der Waals surface area contributed by atoms with Gasteiger partial charge in [-0.2, -0.15) is 9.57 Å². The lowest BCUT2D eigenvalue weighted by Crippen LogP contribution is -2.45. The smallest absolute Gasteiger partial charge is 0.262 e. The van der Waals surface area contributed by atoms with Crippen LogP contribution in [0.25, 0.3) is 0 Å². The molecule has 0 N–H and O–H groups in total. The lowest BCUT2D eigenvalue weighted by molar-refractivity contribution is 0.0310. The van der Waals surface area contributed by atoms with Crippen molar-refractivity contribution in [1.82, 2.24) is 13.9 Å². The fourth-order valence-corrected chi connectivity index (χ4v) is 2.97. The van der Waals surface area contributed by atoms with Crippen LogP contribution in [0.3, 0.4) is 0 Å². The Kier molecular flexibility index (Phi) is 3.15. The maximum absolute atomic E-state index is 12.1. The molecular weight excluding hydrogens is 244 g/mol. The molecule has 1 aliphatic rings. The van der Waals surface area contributed by atoms with Crippen LogP contribution in [0.5, 0.6) is 0 Å². The number of aryl methyl sites for hydroxylation is 1. The summed E-state index contributed by atoms with van der Waals surface area (Å²) in [6, 6.07) is 1.91. The molecule has 0 saturated carbocycles. The van der Waals surface area contributed by atoms with Crippen LogP contribution in [0.1, 0.15) is 0 Å². The number of hydrogen-bond donors (Lipinski definition) is 0. The summed E-state index contributed by atoms with van der Waals surface area (Å²) in [6.07, 6.45) is 2.16. The Morgan fingerprint density at radius 1 is 1.65 bits per heavy atom. The van der Waals surface area contributed by atoms with Crippen molar-refractivity contribution in [3.63, 3.8) is 0 Å². The summed E-state index contributed by atoms with van der Waals surface area (Å²) < 4.78 is 32.2. The molecule has 1 aromatic rings. The SMILES string of the molecule is Cn1cnc(S(=O)(=O)N2CCOC(C#N)C2)c1. The number of aromatic nitrogens is 2. The normalized spacial score (nSPS) is 22.2. The molecule has 1 atom stereocenters. The second-order valence-electron chi connectivity index (χ2n) is 3.73. The topological polar surface area (TPSA) is 88.2 Å². The van der Waals surface area contributed by atoms with Gasteiger partial charge in [0.2, 0.25) is 0 Å². The van der Waals surface area contributed by atoms with Crippen molar-refractivity contribution in [3.05, 3.63) is 12.5 Å². The molecule has 0 amide bonds. The van der Waals surface area contributed by atoms with Gasteiger partial charge in [0.05, 0.1) is 25.5 Å². The minimum Gasteiger partial charge on any atom is -0.361 e. The fraction of sp³-hybridized carbons (Fsp3) is 0.556. The van der Waals surface area contributed by atoms with E-state index >= 15 is 0 Å². The van der Waals surface area contributed by atoms with Gasteiger partial charge in [0, 0.05) is 19.8 Å². The summed E-state index contributed by atoms with van der Waals surface area (Å²) in [6.45, 7) is 0.525. The van der Waals surface area contributed by atoms with Gasteiger partial charge in [0.1, 0.15) is 0 Å². The van der Waals surface area contributed by atoms with E-state index < -0.39 is 16.1 Å². The fourth-order valence-electron chi connectivity index (χ4n) is 1.58. The van der Waals surface area contributed by atoms with Gasteiger partial charge in [-0.15, -0.1) is 0 Å². The highest BCUT2D eigenvalue weighted by atomic mass is 32.2. The molecule has 1 aromatic heterocycles. The average molecular weight is 256 g/mol. The first-order valence-electron chi connectivity index (χ1n) is 5.03. The van der Waals surface area contributed by atoms with Crippen molar-refractivity contribution in [1.29, 1.82) is 5.26 Å². The van der Waals surface area contributed by atoms with Crippen LogP contribution in [0.15, 0.2) is 17.6 Å². The van der Waals surface area contributed by atoms with Gasteiger partial charge in [-0.05, 0) is 0 Å². The minimum atomic E-state index is -3.61. The third-order valence-electron chi connectivity index (χ3n) is 2.46. The summed E-state index contributed by atoms with van der Waals surface area (Å²) in [5.41, 5.74) is 0. The molecule has 0 spiro atoms. The van der Waals surface area contributed by atoms with Crippen molar-refractivity contribution in [2.24, 2.45) is 7.05 Å². The first-order valence-corrected chi connectivity index (χ1v) is 6.47. The number of nitriles is 1. The monoisotopic (exact) mass is 256 g/mol. The lowest BCUT2D eigenvalue weighted by Gasteiger charge is -2.28. The standard InChI is InChI=1S/C9H12N4O3S/c1-12-6-9(11-7-12)17(14,15)13-2-3-16-8(4-10)5-13/h6-8H,2-3,5H2,1H3.